The van der Waals surface area contributed by atoms with Gasteiger partial charge in [0.05, 0.1) is 90.1 Å². The van der Waals surface area contributed by atoms with Crippen molar-refractivity contribution in [2.75, 3.05) is 148 Å². The Hall–Kier alpha value is -3.67. The van der Waals surface area contributed by atoms with E-state index < -0.39 is 16.7 Å². The SMILES string of the molecule is CCC(=O)CCOCC(COCCC(=O)NC)(COCCC(=O)NC)COCCC(=O)NC.CNC(=O)CCCCOCC(COCCCCC([NH-])=O)(COCCCCC(=O)NC)COCCCCC(=O)NC.[W]. The fourth-order valence-corrected chi connectivity index (χ4v) is 6.38. The predicted molar refractivity (Wildman–Crippen MR) is 274 cm³/mol. The third-order valence-electron chi connectivity index (χ3n) is 11.0. The van der Waals surface area contributed by atoms with E-state index in [2.05, 4.69) is 31.9 Å². The maximum atomic E-state index is 11.6. The fraction of sp³-hybridized carbons (Fsp3) is 0.840. The zero-order chi connectivity index (χ0) is 54.9. The topological polar surface area (TPSA) is 306 Å². The molecule has 0 rings (SSSR count). The summed E-state index contributed by atoms with van der Waals surface area (Å²) >= 11 is 0. The molecule has 0 spiro atoms. The van der Waals surface area contributed by atoms with Crippen LogP contribution in [0.15, 0.2) is 0 Å². The number of nitrogens with one attached hydrogen (secondary N) is 7. The minimum absolute atomic E-state index is 0. The van der Waals surface area contributed by atoms with Crippen LogP contribution >= 0.6 is 0 Å². The molecule has 23 nitrogen and oxygen atoms in total. The Labute approximate surface area is 455 Å². The Kier molecular flexibility index (Phi) is 51.8. The van der Waals surface area contributed by atoms with Crippen LogP contribution in [0, 0.1) is 10.8 Å². The molecule has 7 amide bonds. The summed E-state index contributed by atoms with van der Waals surface area (Å²) in [5, 5.41) is 15.5. The summed E-state index contributed by atoms with van der Waals surface area (Å²) in [5.74, 6) is -0.880. The van der Waals surface area contributed by atoms with Gasteiger partial charge in [0.15, 0.2) is 0 Å². The Morgan fingerprint density at radius 1 is 0.324 bits per heavy atom. The van der Waals surface area contributed by atoms with Gasteiger partial charge in [-0.2, -0.15) is 0 Å². The minimum Gasteiger partial charge on any atom is -0.668 e. The van der Waals surface area contributed by atoms with Crippen molar-refractivity contribution in [1.29, 1.82) is 0 Å². The zero-order valence-electron chi connectivity index (χ0n) is 45.8. The van der Waals surface area contributed by atoms with Crippen LogP contribution in [0.5, 0.6) is 0 Å². The molecule has 0 radical (unpaired) electrons. The smallest absolute Gasteiger partial charge is 0.222 e. The van der Waals surface area contributed by atoms with Crippen LogP contribution in [0.2, 0.25) is 0 Å². The van der Waals surface area contributed by atoms with Gasteiger partial charge in [-0.25, -0.2) is 0 Å². The number of hydrogen-bond donors (Lipinski definition) is 6. The van der Waals surface area contributed by atoms with Gasteiger partial charge in [0.25, 0.3) is 0 Å². The number of carbonyl (C=O) groups is 8. The van der Waals surface area contributed by atoms with Crippen molar-refractivity contribution < 1.29 is 97.3 Å². The first-order valence-electron chi connectivity index (χ1n) is 25.7. The van der Waals surface area contributed by atoms with Gasteiger partial charge in [0, 0.05) is 147 Å². The maximum Gasteiger partial charge on any atom is 0.222 e. The molecule has 0 saturated carbocycles. The summed E-state index contributed by atoms with van der Waals surface area (Å²) in [4.78, 5) is 91.3. The number of amides is 7. The first-order chi connectivity index (χ1) is 35.1. The third-order valence-corrected chi connectivity index (χ3v) is 11.0. The van der Waals surface area contributed by atoms with Gasteiger partial charge in [0.1, 0.15) is 5.78 Å². The van der Waals surface area contributed by atoms with E-state index in [1.54, 1.807) is 49.2 Å². The molecule has 7 N–H and O–H groups in total. The molecular formula is C50H94N7O16W-. The Morgan fingerprint density at radius 2 is 0.541 bits per heavy atom. The summed E-state index contributed by atoms with van der Waals surface area (Å²) in [6.45, 7) is 6.62. The second-order valence-corrected chi connectivity index (χ2v) is 17.6. The monoisotopic (exact) mass is 1230 g/mol. The Balaban J connectivity index is -0.00000137. The molecule has 0 saturated heterocycles. The van der Waals surface area contributed by atoms with E-state index in [1.807, 2.05) is 0 Å². The number of ether oxygens (including phenoxy) is 8. The molecule has 0 aliphatic carbocycles. The molecule has 0 atom stereocenters. The molecule has 24 heteroatoms. The number of rotatable bonds is 49. The van der Waals surface area contributed by atoms with E-state index in [4.69, 9.17) is 43.6 Å². The second kappa shape index (κ2) is 51.4. The molecule has 0 heterocycles. The predicted octanol–water partition coefficient (Wildman–Crippen LogP) is 2.35. The van der Waals surface area contributed by atoms with Crippen molar-refractivity contribution in [3.8, 4) is 0 Å². The second-order valence-electron chi connectivity index (χ2n) is 17.6. The normalized spacial score (nSPS) is 11.1. The fourth-order valence-electron chi connectivity index (χ4n) is 6.38. The van der Waals surface area contributed by atoms with E-state index in [-0.39, 0.29) is 141 Å². The zero-order valence-corrected chi connectivity index (χ0v) is 48.7. The van der Waals surface area contributed by atoms with Crippen LogP contribution < -0.4 is 31.9 Å². The summed E-state index contributed by atoms with van der Waals surface area (Å²) in [6, 6.07) is 0. The molecule has 0 aromatic heterocycles. The van der Waals surface area contributed by atoms with E-state index in [0.29, 0.717) is 97.8 Å². The van der Waals surface area contributed by atoms with Gasteiger partial charge in [-0.3, -0.25) is 33.6 Å². The van der Waals surface area contributed by atoms with Crippen molar-refractivity contribution in [1.82, 2.24) is 31.9 Å². The van der Waals surface area contributed by atoms with Gasteiger partial charge < -0.3 is 80.3 Å². The molecule has 432 valence electrons. The van der Waals surface area contributed by atoms with Gasteiger partial charge in [-0.05, 0) is 57.8 Å². The van der Waals surface area contributed by atoms with Crippen molar-refractivity contribution in [3.05, 3.63) is 5.73 Å². The van der Waals surface area contributed by atoms with Crippen molar-refractivity contribution in [3.63, 3.8) is 0 Å². The first kappa shape index (κ1) is 74.6. The van der Waals surface area contributed by atoms with Gasteiger partial charge in [-0.1, -0.05) is 6.92 Å². The first-order valence-corrected chi connectivity index (χ1v) is 25.7. The number of ketones is 1. The number of Topliss-reactive ketones (excluding diaryl/α,β-unsaturated/α-hetero) is 1. The van der Waals surface area contributed by atoms with Crippen LogP contribution in [-0.4, -0.2) is 195 Å². The van der Waals surface area contributed by atoms with Crippen LogP contribution in [0.4, 0.5) is 0 Å². The van der Waals surface area contributed by atoms with Crippen LogP contribution in [-0.2, 0) is 97.3 Å². The van der Waals surface area contributed by atoms with Gasteiger partial charge in [-0.15, -0.1) is 0 Å². The standard InChI is InChI=1S/C28H54N4O8.C22H41N3O8.W/c1-30-25(34)13-5-9-17-38-21-28(20-37-16-8-4-12-24(29)33,22-39-18-10-6-14-26(35)31-2)23-40-19-11-7-15-27(36)32-3;1-5-18(26)6-10-30-14-22(15-31-11-7-19(27)23-2,16-32-12-8-20(28)24-3)17-33-13-9-21(29)25-4;/h4-23H2,1-3H3,(H5,29,30,31,32,33,34,35,36);5-17H2,1-4H3,(H,23,27)(H,24,28)(H,25,29);/p-1. The quantitative estimate of drug-likeness (QED) is 0.0477. The largest absolute Gasteiger partial charge is 0.668 e. The van der Waals surface area contributed by atoms with E-state index >= 15 is 0 Å². The van der Waals surface area contributed by atoms with E-state index in [1.165, 1.54) is 0 Å². The average Bonchev–Trinajstić information content (AvgIpc) is 3.39. The summed E-state index contributed by atoms with van der Waals surface area (Å²) < 4.78 is 47.1. The molecular weight excluding hydrogens is 1140 g/mol. The molecule has 0 aromatic carbocycles. The van der Waals surface area contributed by atoms with Crippen LogP contribution in [0.3, 0.4) is 0 Å². The van der Waals surface area contributed by atoms with E-state index in [0.717, 1.165) is 38.5 Å². The molecule has 0 unspecified atom stereocenters. The Bertz CT molecular complexity index is 1330. The van der Waals surface area contributed by atoms with Crippen molar-refractivity contribution in [2.24, 2.45) is 10.8 Å². The minimum atomic E-state index is -0.747. The maximum absolute atomic E-state index is 11.6. The molecule has 0 aromatic rings. The van der Waals surface area contributed by atoms with Crippen LogP contribution in [0.1, 0.15) is 116 Å². The molecule has 74 heavy (non-hydrogen) atoms. The summed E-state index contributed by atoms with van der Waals surface area (Å²) in [6.07, 6.45) is 8.59. The number of hydrogen-bond acceptors (Lipinski definition) is 16. The molecule has 0 aliphatic heterocycles. The number of carbonyl (C=O) groups excluding carboxylic acids is 8. The van der Waals surface area contributed by atoms with Crippen molar-refractivity contribution >= 4 is 47.1 Å². The van der Waals surface area contributed by atoms with Crippen molar-refractivity contribution in [2.45, 2.75) is 116 Å². The third kappa shape index (κ3) is 45.7. The average molecular weight is 1230 g/mol. The summed E-state index contributed by atoms with van der Waals surface area (Å²) in [7, 11) is 9.52. The summed E-state index contributed by atoms with van der Waals surface area (Å²) in [5.41, 5.74) is 5.71. The van der Waals surface area contributed by atoms with Gasteiger partial charge >= 0.3 is 0 Å². The molecule has 0 bridgehead atoms. The number of unbranched alkanes of at least 4 members (excludes halogenated alkanes) is 4. The van der Waals surface area contributed by atoms with Gasteiger partial charge in [0.2, 0.25) is 35.4 Å². The Morgan fingerprint density at radius 3 is 0.770 bits per heavy atom. The van der Waals surface area contributed by atoms with Crippen LogP contribution in [0.25, 0.3) is 5.73 Å². The van der Waals surface area contributed by atoms with E-state index in [9.17, 15) is 38.4 Å². The molecule has 0 aliphatic rings. The molecule has 0 fully saturated rings.